The molecule has 1 rings (SSSR count). The lowest BCUT2D eigenvalue weighted by atomic mass is 10.0. The molecule has 0 fully saturated rings. The Labute approximate surface area is 293 Å². The van der Waals surface area contributed by atoms with Gasteiger partial charge in [0.2, 0.25) is 0 Å². The summed E-state index contributed by atoms with van der Waals surface area (Å²) in [5.74, 6) is -1.96. The van der Waals surface area contributed by atoms with Crippen molar-refractivity contribution in [3.8, 4) is 0 Å². The van der Waals surface area contributed by atoms with E-state index in [4.69, 9.17) is 9.47 Å². The first-order chi connectivity index (χ1) is 23.3. The summed E-state index contributed by atoms with van der Waals surface area (Å²) < 4.78 is 44.1. The van der Waals surface area contributed by atoms with E-state index in [-0.39, 0.29) is 5.56 Å². The van der Waals surface area contributed by atoms with Crippen LogP contribution in [0, 0.1) is 0 Å². The summed E-state index contributed by atoms with van der Waals surface area (Å²) in [6, 6.07) is 3.61. The van der Waals surface area contributed by atoms with E-state index in [1.54, 1.807) is 12.2 Å². The zero-order chi connectivity index (χ0) is 35.1. The minimum absolute atomic E-state index is 0.292. The summed E-state index contributed by atoms with van der Waals surface area (Å²) in [5.41, 5.74) is -0.839. The largest absolute Gasteiger partial charge is 0.431 e. The maximum Gasteiger partial charge on any atom is 0.345 e. The molecule has 0 amide bonds. The fourth-order valence-corrected chi connectivity index (χ4v) is 6.51. The van der Waals surface area contributed by atoms with E-state index in [0.29, 0.717) is 6.42 Å². The Morgan fingerprint density at radius 2 is 0.917 bits per heavy atom. The molecule has 0 saturated heterocycles. The molecule has 1 N–H and O–H groups in total. The van der Waals surface area contributed by atoms with Gasteiger partial charge in [-0.25, -0.2) is 9.59 Å². The molecule has 0 unspecified atom stereocenters. The van der Waals surface area contributed by atoms with E-state index < -0.39 is 32.5 Å². The van der Waals surface area contributed by atoms with Crippen molar-refractivity contribution in [3.63, 3.8) is 0 Å². The molecular formula is C40H66O7S. The first kappa shape index (κ1) is 43.6. The van der Waals surface area contributed by atoms with Crippen LogP contribution in [0.4, 0.5) is 0 Å². The second kappa shape index (κ2) is 29.5. The van der Waals surface area contributed by atoms with Gasteiger partial charge in [0.15, 0.2) is 0 Å². The average molecular weight is 691 g/mol. The van der Waals surface area contributed by atoms with Gasteiger partial charge >= 0.3 is 11.9 Å². The molecule has 0 saturated carbocycles. The highest BCUT2D eigenvalue weighted by atomic mass is 32.2. The lowest BCUT2D eigenvalue weighted by molar-refractivity contribution is 0.0614. The Morgan fingerprint density at radius 1 is 0.562 bits per heavy atom. The van der Waals surface area contributed by atoms with Crippen LogP contribution in [0.5, 0.6) is 0 Å². The summed E-state index contributed by atoms with van der Waals surface area (Å²) >= 11 is 0. The fraction of sp³-hybridized carbons (Fsp3) is 0.700. The lowest BCUT2D eigenvalue weighted by Gasteiger charge is -2.10. The fourth-order valence-electron chi connectivity index (χ4n) is 5.81. The van der Waals surface area contributed by atoms with Crippen molar-refractivity contribution < 1.29 is 32.0 Å². The number of carbonyl (C=O) groups excluding carboxylic acids is 2. The Morgan fingerprint density at radius 3 is 1.29 bits per heavy atom. The highest BCUT2D eigenvalue weighted by Crippen LogP contribution is 2.23. The van der Waals surface area contributed by atoms with E-state index in [1.807, 2.05) is 0 Å². The van der Waals surface area contributed by atoms with Crippen molar-refractivity contribution in [2.24, 2.45) is 0 Å². The van der Waals surface area contributed by atoms with Gasteiger partial charge in [0, 0.05) is 0 Å². The van der Waals surface area contributed by atoms with Crippen LogP contribution in [0.1, 0.15) is 202 Å². The molecule has 0 atom stereocenters. The number of ether oxygens (including phenoxy) is 2. The van der Waals surface area contributed by atoms with Crippen molar-refractivity contribution in [2.45, 2.75) is 186 Å². The van der Waals surface area contributed by atoms with Gasteiger partial charge in [-0.3, -0.25) is 4.55 Å². The summed E-state index contributed by atoms with van der Waals surface area (Å²) in [7, 11) is -4.80. The third-order valence-electron chi connectivity index (χ3n) is 8.72. The van der Waals surface area contributed by atoms with Crippen molar-refractivity contribution in [1.82, 2.24) is 0 Å². The van der Waals surface area contributed by atoms with Gasteiger partial charge in [0.1, 0.15) is 4.90 Å². The van der Waals surface area contributed by atoms with Crippen LogP contribution >= 0.6 is 0 Å². The molecule has 48 heavy (non-hydrogen) atoms. The molecule has 1 aromatic rings. The standard InChI is InChI=1S/C40H66O7S/c1-3-5-7-9-11-13-15-17-19-21-23-25-27-29-34-46-39(41)36-32-31-33-37(48(43,44)45)38(36)40(42)47-35-30-28-26-24-22-20-18-16-14-12-10-8-6-4-2/h29-35H,3-28H2,1-2H3,(H,43,44,45)/b34-29+,35-30+. The maximum absolute atomic E-state index is 12.9. The number of rotatable bonds is 31. The van der Waals surface area contributed by atoms with E-state index >= 15 is 0 Å². The molecule has 8 heteroatoms. The Hall–Kier alpha value is -2.45. The van der Waals surface area contributed by atoms with Gasteiger partial charge in [-0.05, 0) is 50.0 Å². The lowest BCUT2D eigenvalue weighted by Crippen LogP contribution is -2.16. The quantitative estimate of drug-likeness (QED) is 0.0357. The van der Waals surface area contributed by atoms with Crippen LogP contribution in [0.3, 0.4) is 0 Å². The summed E-state index contributed by atoms with van der Waals surface area (Å²) in [6.07, 6.45) is 37.6. The molecular weight excluding hydrogens is 624 g/mol. The minimum atomic E-state index is -4.80. The van der Waals surface area contributed by atoms with E-state index in [1.165, 1.54) is 153 Å². The van der Waals surface area contributed by atoms with Gasteiger partial charge in [-0.1, -0.05) is 161 Å². The number of carbonyl (C=O) groups is 2. The number of esters is 2. The second-order valence-corrected chi connectivity index (χ2v) is 14.5. The first-order valence-electron chi connectivity index (χ1n) is 19.1. The molecule has 274 valence electrons. The van der Waals surface area contributed by atoms with Crippen LogP contribution in [0.15, 0.2) is 47.8 Å². The van der Waals surface area contributed by atoms with Crippen LogP contribution in [0.25, 0.3) is 0 Å². The van der Waals surface area contributed by atoms with Crippen LogP contribution in [-0.4, -0.2) is 24.9 Å². The second-order valence-electron chi connectivity index (χ2n) is 13.1. The zero-order valence-corrected chi connectivity index (χ0v) is 31.0. The highest BCUT2D eigenvalue weighted by Gasteiger charge is 2.28. The zero-order valence-electron chi connectivity index (χ0n) is 30.2. The smallest absolute Gasteiger partial charge is 0.345 e. The Kier molecular flexibility index (Phi) is 26.7. The van der Waals surface area contributed by atoms with Gasteiger partial charge in [0.25, 0.3) is 10.1 Å². The predicted molar refractivity (Wildman–Crippen MR) is 197 cm³/mol. The number of benzene rings is 1. The van der Waals surface area contributed by atoms with Gasteiger partial charge in [-0.15, -0.1) is 0 Å². The van der Waals surface area contributed by atoms with E-state index in [2.05, 4.69) is 13.8 Å². The van der Waals surface area contributed by atoms with Crippen molar-refractivity contribution in [1.29, 1.82) is 0 Å². The first-order valence-corrected chi connectivity index (χ1v) is 20.6. The van der Waals surface area contributed by atoms with E-state index in [0.717, 1.165) is 38.2 Å². The molecule has 0 bridgehead atoms. The summed E-state index contributed by atoms with van der Waals surface area (Å²) in [6.45, 7) is 4.48. The topological polar surface area (TPSA) is 107 Å². The third-order valence-corrected chi connectivity index (χ3v) is 9.62. The normalized spacial score (nSPS) is 11.9. The molecule has 7 nitrogen and oxygen atoms in total. The van der Waals surface area contributed by atoms with Crippen LogP contribution in [0.2, 0.25) is 0 Å². The summed E-state index contributed by atoms with van der Waals surface area (Å²) in [4.78, 5) is 25.0. The molecule has 0 aliphatic carbocycles. The highest BCUT2D eigenvalue weighted by molar-refractivity contribution is 7.86. The monoisotopic (exact) mass is 690 g/mol. The van der Waals surface area contributed by atoms with Crippen molar-refractivity contribution >= 4 is 22.1 Å². The Bertz CT molecular complexity index is 1140. The molecule has 0 aromatic heterocycles. The number of unbranched alkanes of at least 4 members (excludes halogenated alkanes) is 24. The number of hydrogen-bond acceptors (Lipinski definition) is 6. The number of allylic oxidation sites excluding steroid dienone is 2. The molecule has 0 heterocycles. The van der Waals surface area contributed by atoms with Crippen molar-refractivity contribution in [2.75, 3.05) is 0 Å². The van der Waals surface area contributed by atoms with Gasteiger partial charge in [-0.2, -0.15) is 8.42 Å². The Balaban J connectivity index is 2.39. The van der Waals surface area contributed by atoms with Crippen LogP contribution < -0.4 is 0 Å². The maximum atomic E-state index is 12.9. The minimum Gasteiger partial charge on any atom is -0.431 e. The molecule has 0 radical (unpaired) electrons. The molecule has 0 spiro atoms. The molecule has 1 aromatic carbocycles. The number of hydrogen-bond donors (Lipinski definition) is 1. The predicted octanol–water partition coefficient (Wildman–Crippen LogP) is 12.5. The SMILES string of the molecule is CCCCCCCCCCCCCC/C=C/OC(=O)c1cccc(S(=O)(=O)O)c1C(=O)O/C=C/CCCCCCCCCCCCCC. The van der Waals surface area contributed by atoms with Gasteiger partial charge in [0.05, 0.1) is 23.7 Å². The average Bonchev–Trinajstić information content (AvgIpc) is 3.07. The molecule has 0 aliphatic heterocycles. The third kappa shape index (κ3) is 22.2. The van der Waals surface area contributed by atoms with Crippen molar-refractivity contribution in [3.05, 3.63) is 54.0 Å². The molecule has 0 aliphatic rings. The summed E-state index contributed by atoms with van der Waals surface area (Å²) in [5, 5.41) is 0. The van der Waals surface area contributed by atoms with Gasteiger partial charge < -0.3 is 9.47 Å². The van der Waals surface area contributed by atoms with E-state index in [9.17, 15) is 22.6 Å². The van der Waals surface area contributed by atoms with Crippen LogP contribution in [-0.2, 0) is 19.6 Å².